The molecule has 1 aliphatic rings. The van der Waals surface area contributed by atoms with Gasteiger partial charge in [-0.15, -0.1) is 0 Å². The van der Waals surface area contributed by atoms with Gasteiger partial charge in [-0.2, -0.15) is 0 Å². The van der Waals surface area contributed by atoms with Crippen LogP contribution in [0, 0.1) is 6.92 Å². The quantitative estimate of drug-likeness (QED) is 0.867. The van der Waals surface area contributed by atoms with Gasteiger partial charge in [-0.1, -0.05) is 37.3 Å². The van der Waals surface area contributed by atoms with Gasteiger partial charge in [0, 0.05) is 43.8 Å². The third kappa shape index (κ3) is 3.58. The molecule has 0 bridgehead atoms. The maximum absolute atomic E-state index is 12.9. The lowest BCUT2D eigenvalue weighted by atomic mass is 9.95. The van der Waals surface area contributed by atoms with Gasteiger partial charge in [0.1, 0.15) is 0 Å². The molecule has 24 heavy (non-hydrogen) atoms. The Balaban J connectivity index is 1.64. The van der Waals surface area contributed by atoms with Crippen LogP contribution in [0.1, 0.15) is 30.5 Å². The van der Waals surface area contributed by atoms with Gasteiger partial charge in [-0.3, -0.25) is 9.78 Å². The fourth-order valence-corrected chi connectivity index (χ4v) is 3.37. The molecule has 0 saturated carbocycles. The summed E-state index contributed by atoms with van der Waals surface area (Å²) < 4.78 is 0. The summed E-state index contributed by atoms with van der Waals surface area (Å²) in [4.78, 5) is 21.5. The van der Waals surface area contributed by atoms with Gasteiger partial charge >= 0.3 is 0 Å². The van der Waals surface area contributed by atoms with E-state index in [0.29, 0.717) is 0 Å². The van der Waals surface area contributed by atoms with Crippen molar-refractivity contribution in [3.8, 4) is 0 Å². The van der Waals surface area contributed by atoms with E-state index in [2.05, 4.69) is 35.0 Å². The van der Waals surface area contributed by atoms with Crippen molar-refractivity contribution in [1.29, 1.82) is 0 Å². The number of pyridine rings is 1. The van der Waals surface area contributed by atoms with Gasteiger partial charge < -0.3 is 9.80 Å². The Morgan fingerprint density at radius 3 is 2.46 bits per heavy atom. The average molecular weight is 323 g/mol. The largest absolute Gasteiger partial charge is 0.368 e. The van der Waals surface area contributed by atoms with E-state index in [0.717, 1.165) is 43.9 Å². The summed E-state index contributed by atoms with van der Waals surface area (Å²) in [5.74, 6) is 0.232. The van der Waals surface area contributed by atoms with Crippen LogP contribution in [0.3, 0.4) is 0 Å². The summed E-state index contributed by atoms with van der Waals surface area (Å²) in [5.41, 5.74) is 3.35. The monoisotopic (exact) mass is 323 g/mol. The van der Waals surface area contributed by atoms with Crippen LogP contribution in [-0.2, 0) is 4.79 Å². The van der Waals surface area contributed by atoms with Gasteiger partial charge in [0.2, 0.25) is 5.91 Å². The third-order valence-corrected chi connectivity index (χ3v) is 4.75. The zero-order chi connectivity index (χ0) is 16.9. The van der Waals surface area contributed by atoms with Crippen LogP contribution in [0.2, 0.25) is 0 Å². The van der Waals surface area contributed by atoms with Crippen molar-refractivity contribution >= 4 is 11.6 Å². The fourth-order valence-electron chi connectivity index (χ4n) is 3.37. The Morgan fingerprint density at radius 2 is 1.83 bits per heavy atom. The molecule has 126 valence electrons. The van der Waals surface area contributed by atoms with Crippen molar-refractivity contribution in [2.45, 2.75) is 26.2 Å². The number of piperazine rings is 1. The molecule has 1 aromatic heterocycles. The highest BCUT2D eigenvalue weighted by molar-refractivity contribution is 5.84. The minimum atomic E-state index is -0.0269. The van der Waals surface area contributed by atoms with Crippen LogP contribution in [0.4, 0.5) is 5.69 Å². The Hall–Kier alpha value is -2.36. The summed E-state index contributed by atoms with van der Waals surface area (Å²) in [6.07, 6.45) is 2.69. The number of carbonyl (C=O) groups is 1. The number of carbonyl (C=O) groups excluding carboxylic acids is 1. The molecule has 4 nitrogen and oxygen atoms in total. The molecule has 0 spiro atoms. The van der Waals surface area contributed by atoms with E-state index in [9.17, 15) is 4.79 Å². The number of nitrogens with zero attached hydrogens (tertiary/aromatic N) is 3. The number of hydrogen-bond acceptors (Lipinski definition) is 3. The van der Waals surface area contributed by atoms with E-state index >= 15 is 0 Å². The molecule has 1 atom stereocenters. The molecule has 3 rings (SSSR count). The normalized spacial score (nSPS) is 16.1. The molecule has 4 heteroatoms. The van der Waals surface area contributed by atoms with E-state index in [1.54, 1.807) is 0 Å². The second-order valence-corrected chi connectivity index (χ2v) is 6.34. The highest BCUT2D eigenvalue weighted by atomic mass is 16.2. The van der Waals surface area contributed by atoms with E-state index in [1.165, 1.54) is 5.69 Å². The van der Waals surface area contributed by atoms with Crippen LogP contribution < -0.4 is 4.90 Å². The summed E-state index contributed by atoms with van der Waals surface area (Å²) in [5, 5.41) is 0. The van der Waals surface area contributed by atoms with Crippen molar-refractivity contribution < 1.29 is 4.79 Å². The Bertz CT molecular complexity index is 678. The van der Waals surface area contributed by atoms with Crippen molar-refractivity contribution in [2.75, 3.05) is 31.1 Å². The minimum Gasteiger partial charge on any atom is -0.368 e. The lowest BCUT2D eigenvalue weighted by Crippen LogP contribution is -2.50. The Labute approximate surface area is 144 Å². The molecular formula is C20H25N3O. The molecule has 2 aromatic rings. The molecule has 0 aliphatic carbocycles. The minimum absolute atomic E-state index is 0.0269. The van der Waals surface area contributed by atoms with Gasteiger partial charge in [0.25, 0.3) is 0 Å². The van der Waals surface area contributed by atoms with E-state index in [-0.39, 0.29) is 11.8 Å². The second kappa shape index (κ2) is 7.47. The van der Waals surface area contributed by atoms with Crippen LogP contribution >= 0.6 is 0 Å². The molecule has 1 aromatic carbocycles. The van der Waals surface area contributed by atoms with Crippen LogP contribution in [0.15, 0.2) is 48.7 Å². The first-order valence-corrected chi connectivity index (χ1v) is 8.70. The Morgan fingerprint density at radius 1 is 1.12 bits per heavy atom. The number of amides is 1. The summed E-state index contributed by atoms with van der Waals surface area (Å²) in [6, 6.07) is 14.3. The number of rotatable bonds is 4. The predicted molar refractivity (Wildman–Crippen MR) is 97.2 cm³/mol. The van der Waals surface area contributed by atoms with Crippen molar-refractivity contribution in [3.05, 3.63) is 59.9 Å². The topological polar surface area (TPSA) is 36.4 Å². The van der Waals surface area contributed by atoms with Gasteiger partial charge in [0.15, 0.2) is 0 Å². The molecule has 0 unspecified atom stereocenters. The van der Waals surface area contributed by atoms with Crippen LogP contribution in [0.25, 0.3) is 0 Å². The van der Waals surface area contributed by atoms with E-state index in [4.69, 9.17) is 0 Å². The van der Waals surface area contributed by atoms with Gasteiger partial charge in [0.05, 0.1) is 5.92 Å². The van der Waals surface area contributed by atoms with Gasteiger partial charge in [-0.05, 0) is 31.0 Å². The second-order valence-electron chi connectivity index (χ2n) is 6.34. The zero-order valence-electron chi connectivity index (χ0n) is 14.5. The van der Waals surface area contributed by atoms with Crippen LogP contribution in [-0.4, -0.2) is 42.0 Å². The molecule has 1 saturated heterocycles. The predicted octanol–water partition coefficient (Wildman–Crippen LogP) is 3.23. The standard InChI is InChI=1S/C20H25N3O/c1-3-19(17-7-5-4-6-8-17)20(24)23-13-11-22(12-14-23)18-9-10-21-16(2)15-18/h4-10,15,19H,3,11-14H2,1-2H3/t19-/m0/s1. The maximum atomic E-state index is 12.9. The maximum Gasteiger partial charge on any atom is 0.230 e. The van der Waals surface area contributed by atoms with Gasteiger partial charge in [-0.25, -0.2) is 0 Å². The lowest BCUT2D eigenvalue weighted by Gasteiger charge is -2.37. The number of benzene rings is 1. The smallest absolute Gasteiger partial charge is 0.230 e. The first-order chi connectivity index (χ1) is 11.7. The van der Waals surface area contributed by atoms with Crippen molar-refractivity contribution in [3.63, 3.8) is 0 Å². The number of aromatic nitrogens is 1. The fraction of sp³-hybridized carbons (Fsp3) is 0.400. The number of anilines is 1. The molecule has 1 amide bonds. The molecule has 0 radical (unpaired) electrons. The molecule has 2 heterocycles. The number of aryl methyl sites for hydroxylation is 1. The highest BCUT2D eigenvalue weighted by Gasteiger charge is 2.27. The van der Waals surface area contributed by atoms with Crippen LogP contribution in [0.5, 0.6) is 0 Å². The summed E-state index contributed by atoms with van der Waals surface area (Å²) >= 11 is 0. The first-order valence-electron chi connectivity index (χ1n) is 8.70. The van der Waals surface area contributed by atoms with Crippen molar-refractivity contribution in [1.82, 2.24) is 9.88 Å². The SMILES string of the molecule is CC[C@H](C(=O)N1CCN(c2ccnc(C)c2)CC1)c1ccccc1. The molecule has 1 fully saturated rings. The molecule has 1 aliphatic heterocycles. The molecular weight excluding hydrogens is 298 g/mol. The zero-order valence-corrected chi connectivity index (χ0v) is 14.5. The first kappa shape index (κ1) is 16.5. The number of hydrogen-bond donors (Lipinski definition) is 0. The van der Waals surface area contributed by atoms with Crippen molar-refractivity contribution in [2.24, 2.45) is 0 Å². The van der Waals surface area contributed by atoms with E-state index in [1.807, 2.05) is 42.3 Å². The third-order valence-electron chi connectivity index (χ3n) is 4.75. The van der Waals surface area contributed by atoms with E-state index < -0.39 is 0 Å². The lowest BCUT2D eigenvalue weighted by molar-refractivity contribution is -0.133. The summed E-state index contributed by atoms with van der Waals surface area (Å²) in [6.45, 7) is 7.41. The average Bonchev–Trinajstić information content (AvgIpc) is 2.63. The summed E-state index contributed by atoms with van der Waals surface area (Å²) in [7, 11) is 0. The molecule has 0 N–H and O–H groups in total. The highest BCUT2D eigenvalue weighted by Crippen LogP contribution is 2.24. The Kier molecular flexibility index (Phi) is 5.14.